The topological polar surface area (TPSA) is 54.0 Å². The lowest BCUT2D eigenvalue weighted by Crippen LogP contribution is -2.31. The van der Waals surface area contributed by atoms with Crippen molar-refractivity contribution in [3.8, 4) is 0 Å². The molecule has 118 valence electrons. The number of benzene rings is 1. The molecule has 1 atom stereocenters. The fraction of sp³-hybridized carbons (Fsp3) is 0.333. The standard InChI is InChI=1S/C15H17F2N3OS/c1-9(14-19-10(2)8-22-14)7-18-15(21)20-12-5-3-4-11(6-12)13(16)17/h3-6,8-9,13H,7H2,1-2H3,(H2,18,20,21)/t9-/m1/s1. The van der Waals surface area contributed by atoms with Crippen LogP contribution in [0.25, 0.3) is 0 Å². The largest absolute Gasteiger partial charge is 0.337 e. The molecule has 0 aliphatic carbocycles. The number of thiazole rings is 1. The highest BCUT2D eigenvalue weighted by Gasteiger charge is 2.12. The highest BCUT2D eigenvalue weighted by atomic mass is 32.1. The van der Waals surface area contributed by atoms with Crippen molar-refractivity contribution in [2.75, 3.05) is 11.9 Å². The molecule has 1 heterocycles. The van der Waals surface area contributed by atoms with Crippen LogP contribution in [0.3, 0.4) is 0 Å². The number of aryl methyl sites for hydroxylation is 1. The minimum Gasteiger partial charge on any atom is -0.337 e. The van der Waals surface area contributed by atoms with Crippen molar-refractivity contribution in [2.24, 2.45) is 0 Å². The van der Waals surface area contributed by atoms with Gasteiger partial charge in [-0.1, -0.05) is 19.1 Å². The molecule has 0 unspecified atom stereocenters. The van der Waals surface area contributed by atoms with Gasteiger partial charge in [-0.25, -0.2) is 18.6 Å². The highest BCUT2D eigenvalue weighted by molar-refractivity contribution is 7.09. The number of amides is 2. The number of carbonyl (C=O) groups excluding carboxylic acids is 1. The minimum atomic E-state index is -2.56. The lowest BCUT2D eigenvalue weighted by atomic mass is 10.2. The quantitative estimate of drug-likeness (QED) is 0.860. The Hall–Kier alpha value is -2.02. The fourth-order valence-electron chi connectivity index (χ4n) is 1.86. The summed E-state index contributed by atoms with van der Waals surface area (Å²) in [5.74, 6) is 0.0943. The number of carbonyl (C=O) groups is 1. The maximum Gasteiger partial charge on any atom is 0.319 e. The molecule has 0 saturated heterocycles. The molecule has 0 saturated carbocycles. The molecule has 4 nitrogen and oxygen atoms in total. The SMILES string of the molecule is Cc1csc([C@H](C)CNC(=O)Nc2cccc(C(F)F)c2)n1. The molecule has 0 aliphatic rings. The summed E-state index contributed by atoms with van der Waals surface area (Å²) in [5, 5.41) is 8.18. The van der Waals surface area contributed by atoms with Crippen molar-refractivity contribution in [3.63, 3.8) is 0 Å². The van der Waals surface area contributed by atoms with E-state index < -0.39 is 12.5 Å². The van der Waals surface area contributed by atoms with Crippen LogP contribution in [-0.2, 0) is 0 Å². The van der Waals surface area contributed by atoms with Gasteiger partial charge in [0.2, 0.25) is 0 Å². The third-order valence-corrected chi connectivity index (χ3v) is 4.22. The van der Waals surface area contributed by atoms with E-state index in [0.29, 0.717) is 12.2 Å². The van der Waals surface area contributed by atoms with E-state index in [1.54, 1.807) is 17.4 Å². The first-order chi connectivity index (χ1) is 10.5. The number of anilines is 1. The Morgan fingerprint density at radius 2 is 2.18 bits per heavy atom. The Morgan fingerprint density at radius 1 is 1.41 bits per heavy atom. The van der Waals surface area contributed by atoms with Crippen LogP contribution in [0.2, 0.25) is 0 Å². The molecule has 0 aliphatic heterocycles. The Morgan fingerprint density at radius 3 is 2.82 bits per heavy atom. The lowest BCUT2D eigenvalue weighted by Gasteiger charge is -2.12. The van der Waals surface area contributed by atoms with Gasteiger partial charge < -0.3 is 10.6 Å². The van der Waals surface area contributed by atoms with Crippen LogP contribution in [0.5, 0.6) is 0 Å². The van der Waals surface area contributed by atoms with Gasteiger partial charge in [-0.05, 0) is 19.1 Å². The van der Waals surface area contributed by atoms with Crippen LogP contribution in [-0.4, -0.2) is 17.6 Å². The van der Waals surface area contributed by atoms with Crippen molar-refractivity contribution in [1.29, 1.82) is 0 Å². The molecule has 2 amide bonds. The van der Waals surface area contributed by atoms with Crippen LogP contribution in [0.1, 0.15) is 35.5 Å². The van der Waals surface area contributed by atoms with Crippen LogP contribution in [0.4, 0.5) is 19.3 Å². The Balaban J connectivity index is 1.86. The minimum absolute atomic E-state index is 0.0943. The second-order valence-corrected chi connectivity index (χ2v) is 5.88. The molecule has 1 aromatic carbocycles. The molecule has 2 rings (SSSR count). The molecular weight excluding hydrogens is 308 g/mol. The van der Waals surface area contributed by atoms with Crippen molar-refractivity contribution < 1.29 is 13.6 Å². The first kappa shape index (κ1) is 16.4. The summed E-state index contributed by atoms with van der Waals surface area (Å²) in [7, 11) is 0. The van der Waals surface area contributed by atoms with Crippen LogP contribution in [0, 0.1) is 6.92 Å². The summed E-state index contributed by atoms with van der Waals surface area (Å²) < 4.78 is 25.2. The second kappa shape index (κ2) is 7.31. The summed E-state index contributed by atoms with van der Waals surface area (Å²) in [6.07, 6.45) is -2.56. The Bertz CT molecular complexity index is 645. The van der Waals surface area contributed by atoms with E-state index in [-0.39, 0.29) is 11.5 Å². The molecule has 22 heavy (non-hydrogen) atoms. The van der Waals surface area contributed by atoms with Gasteiger partial charge in [0.05, 0.1) is 5.01 Å². The fourth-order valence-corrected chi connectivity index (χ4v) is 2.72. The number of hydrogen-bond donors (Lipinski definition) is 2. The number of nitrogens with one attached hydrogen (secondary N) is 2. The zero-order chi connectivity index (χ0) is 16.1. The predicted octanol–water partition coefficient (Wildman–Crippen LogP) is 4.31. The maximum absolute atomic E-state index is 12.6. The lowest BCUT2D eigenvalue weighted by molar-refractivity contribution is 0.151. The molecule has 0 spiro atoms. The normalized spacial score (nSPS) is 12.2. The van der Waals surface area contributed by atoms with Gasteiger partial charge in [-0.2, -0.15) is 0 Å². The van der Waals surface area contributed by atoms with E-state index in [2.05, 4.69) is 15.6 Å². The van der Waals surface area contributed by atoms with Crippen LogP contribution in [0.15, 0.2) is 29.6 Å². The van der Waals surface area contributed by atoms with E-state index in [1.165, 1.54) is 18.2 Å². The third kappa shape index (κ3) is 4.49. The van der Waals surface area contributed by atoms with Gasteiger partial charge in [0.25, 0.3) is 6.43 Å². The first-order valence-electron chi connectivity index (χ1n) is 6.80. The molecule has 0 bridgehead atoms. The summed E-state index contributed by atoms with van der Waals surface area (Å²) in [6, 6.07) is 5.21. The second-order valence-electron chi connectivity index (χ2n) is 4.99. The van der Waals surface area contributed by atoms with Crippen LogP contribution >= 0.6 is 11.3 Å². The molecule has 2 N–H and O–H groups in total. The number of aromatic nitrogens is 1. The van der Waals surface area contributed by atoms with Gasteiger partial charge in [0, 0.05) is 34.8 Å². The average Bonchev–Trinajstić information content (AvgIpc) is 2.91. The van der Waals surface area contributed by atoms with Crippen molar-refractivity contribution in [3.05, 3.63) is 45.9 Å². The molecule has 7 heteroatoms. The zero-order valence-corrected chi connectivity index (χ0v) is 13.1. The number of alkyl halides is 2. The molecule has 1 aromatic heterocycles. The highest BCUT2D eigenvalue weighted by Crippen LogP contribution is 2.22. The molecule has 0 fully saturated rings. The molecular formula is C15H17F2N3OS. The summed E-state index contributed by atoms with van der Waals surface area (Å²) in [4.78, 5) is 16.2. The molecule has 0 radical (unpaired) electrons. The maximum atomic E-state index is 12.6. The monoisotopic (exact) mass is 325 g/mol. The van der Waals surface area contributed by atoms with Crippen molar-refractivity contribution >= 4 is 23.1 Å². The zero-order valence-electron chi connectivity index (χ0n) is 12.3. The van der Waals surface area contributed by atoms with Gasteiger partial charge in [0.1, 0.15) is 0 Å². The number of halogens is 2. The van der Waals surface area contributed by atoms with Crippen LogP contribution < -0.4 is 10.6 Å². The smallest absolute Gasteiger partial charge is 0.319 e. The number of rotatable bonds is 5. The van der Waals surface area contributed by atoms with Gasteiger partial charge in [0.15, 0.2) is 0 Å². The number of nitrogens with zero attached hydrogens (tertiary/aromatic N) is 1. The number of hydrogen-bond acceptors (Lipinski definition) is 3. The molecule has 2 aromatic rings. The van der Waals surface area contributed by atoms with E-state index in [9.17, 15) is 13.6 Å². The first-order valence-corrected chi connectivity index (χ1v) is 7.68. The average molecular weight is 325 g/mol. The predicted molar refractivity (Wildman–Crippen MR) is 83.7 cm³/mol. The van der Waals surface area contributed by atoms with E-state index in [4.69, 9.17) is 0 Å². The van der Waals surface area contributed by atoms with Gasteiger partial charge >= 0.3 is 6.03 Å². The Labute approximate surface area is 131 Å². The summed E-state index contributed by atoms with van der Waals surface area (Å²) in [6.45, 7) is 4.31. The van der Waals surface area contributed by atoms with E-state index in [0.717, 1.165) is 10.7 Å². The van der Waals surface area contributed by atoms with Crippen molar-refractivity contribution in [1.82, 2.24) is 10.3 Å². The summed E-state index contributed by atoms with van der Waals surface area (Å²) in [5.41, 5.74) is 1.18. The van der Waals surface area contributed by atoms with E-state index >= 15 is 0 Å². The third-order valence-electron chi connectivity index (χ3n) is 3.02. The van der Waals surface area contributed by atoms with E-state index in [1.807, 2.05) is 19.2 Å². The number of urea groups is 1. The Kier molecular flexibility index (Phi) is 5.43. The van der Waals surface area contributed by atoms with Crippen molar-refractivity contribution in [2.45, 2.75) is 26.2 Å². The van der Waals surface area contributed by atoms with Gasteiger partial charge in [-0.15, -0.1) is 11.3 Å². The summed E-state index contributed by atoms with van der Waals surface area (Å²) >= 11 is 1.55. The van der Waals surface area contributed by atoms with Gasteiger partial charge in [-0.3, -0.25) is 0 Å².